The van der Waals surface area contributed by atoms with Crippen molar-refractivity contribution in [3.05, 3.63) is 42.5 Å². The Morgan fingerprint density at radius 1 is 1.25 bits per heavy atom. The van der Waals surface area contributed by atoms with Gasteiger partial charge in [-0.2, -0.15) is 0 Å². The summed E-state index contributed by atoms with van der Waals surface area (Å²) in [6, 6.07) is 8.30. The van der Waals surface area contributed by atoms with E-state index in [4.69, 9.17) is 4.74 Å². The highest BCUT2D eigenvalue weighted by Gasteiger charge is 2.44. The number of benzene rings is 1. The molecule has 0 saturated carbocycles. The standard InChI is InChI=1S/C20H28N2O2/c1-3-13-22-19(23)6-4-11-20(22)12-5-14-21(16-20)15-17-7-9-18(24-2)10-8-17/h3,7-10H,1,4-6,11-16H2,2H3. The van der Waals surface area contributed by atoms with Gasteiger partial charge in [0.15, 0.2) is 0 Å². The predicted molar refractivity (Wildman–Crippen MR) is 96.0 cm³/mol. The summed E-state index contributed by atoms with van der Waals surface area (Å²) in [6.07, 6.45) is 6.96. The molecule has 1 aromatic rings. The van der Waals surface area contributed by atoms with E-state index in [1.54, 1.807) is 7.11 Å². The fourth-order valence-corrected chi connectivity index (χ4v) is 4.28. The summed E-state index contributed by atoms with van der Waals surface area (Å²) in [4.78, 5) is 17.0. The summed E-state index contributed by atoms with van der Waals surface area (Å²) in [6.45, 7) is 7.53. The van der Waals surface area contributed by atoms with Crippen molar-refractivity contribution in [3.8, 4) is 5.75 Å². The molecular weight excluding hydrogens is 300 g/mol. The first-order valence-corrected chi connectivity index (χ1v) is 8.93. The fourth-order valence-electron chi connectivity index (χ4n) is 4.28. The topological polar surface area (TPSA) is 32.8 Å². The van der Waals surface area contributed by atoms with Crippen LogP contribution in [0, 0.1) is 0 Å². The molecule has 24 heavy (non-hydrogen) atoms. The van der Waals surface area contributed by atoms with Crippen molar-refractivity contribution < 1.29 is 9.53 Å². The van der Waals surface area contributed by atoms with Crippen LogP contribution in [0.25, 0.3) is 0 Å². The molecule has 0 N–H and O–H groups in total. The molecule has 130 valence electrons. The number of likely N-dealkylation sites (tertiary alicyclic amines) is 2. The lowest BCUT2D eigenvalue weighted by molar-refractivity contribution is -0.144. The van der Waals surface area contributed by atoms with Crippen molar-refractivity contribution in [1.82, 2.24) is 9.80 Å². The molecule has 1 amide bonds. The summed E-state index contributed by atoms with van der Waals surface area (Å²) in [5.74, 6) is 1.19. The predicted octanol–water partition coefficient (Wildman–Crippen LogP) is 3.23. The maximum atomic E-state index is 12.4. The number of carbonyl (C=O) groups is 1. The fraction of sp³-hybridized carbons (Fsp3) is 0.550. The number of methoxy groups -OCH3 is 1. The van der Waals surface area contributed by atoms with Crippen LogP contribution in [0.3, 0.4) is 0 Å². The van der Waals surface area contributed by atoms with E-state index in [9.17, 15) is 4.79 Å². The number of amides is 1. The molecule has 2 heterocycles. The molecule has 1 atom stereocenters. The molecule has 1 spiro atoms. The summed E-state index contributed by atoms with van der Waals surface area (Å²) < 4.78 is 5.23. The van der Waals surface area contributed by atoms with Gasteiger partial charge in [-0.1, -0.05) is 18.2 Å². The van der Waals surface area contributed by atoms with Crippen LogP contribution in [-0.4, -0.2) is 48.0 Å². The van der Waals surface area contributed by atoms with Crippen molar-refractivity contribution in [1.29, 1.82) is 0 Å². The van der Waals surface area contributed by atoms with E-state index in [2.05, 4.69) is 28.5 Å². The minimum absolute atomic E-state index is 0.00818. The molecule has 2 aliphatic heterocycles. The molecule has 2 fully saturated rings. The average molecular weight is 328 g/mol. The number of hydrogen-bond donors (Lipinski definition) is 0. The van der Waals surface area contributed by atoms with E-state index < -0.39 is 0 Å². The molecule has 4 nitrogen and oxygen atoms in total. The van der Waals surface area contributed by atoms with Gasteiger partial charge in [0.05, 0.1) is 12.6 Å². The Bertz CT molecular complexity index is 580. The minimum atomic E-state index is 0.00818. The number of hydrogen-bond acceptors (Lipinski definition) is 3. The normalized spacial score (nSPS) is 25.0. The molecule has 1 unspecified atom stereocenters. The number of ether oxygens (including phenoxy) is 1. The van der Waals surface area contributed by atoms with Crippen LogP contribution >= 0.6 is 0 Å². The van der Waals surface area contributed by atoms with Crippen LogP contribution in [0.4, 0.5) is 0 Å². The lowest BCUT2D eigenvalue weighted by Crippen LogP contribution is -2.62. The Morgan fingerprint density at radius 2 is 2.00 bits per heavy atom. The Hall–Kier alpha value is -1.81. The lowest BCUT2D eigenvalue weighted by atomic mass is 9.79. The van der Waals surface area contributed by atoms with Gasteiger partial charge in [-0.3, -0.25) is 9.69 Å². The Balaban J connectivity index is 1.72. The van der Waals surface area contributed by atoms with Gasteiger partial charge in [-0.15, -0.1) is 6.58 Å². The first-order chi connectivity index (χ1) is 11.7. The maximum Gasteiger partial charge on any atom is 0.223 e. The van der Waals surface area contributed by atoms with E-state index in [1.807, 2.05) is 18.2 Å². The first-order valence-electron chi connectivity index (χ1n) is 8.93. The number of piperidine rings is 2. The quantitative estimate of drug-likeness (QED) is 0.778. The number of carbonyl (C=O) groups excluding carboxylic acids is 1. The first kappa shape index (κ1) is 17.0. The Labute approximate surface area is 145 Å². The largest absolute Gasteiger partial charge is 0.497 e. The van der Waals surface area contributed by atoms with Crippen LogP contribution < -0.4 is 4.74 Å². The molecule has 0 radical (unpaired) electrons. The second-order valence-electron chi connectivity index (χ2n) is 7.03. The lowest BCUT2D eigenvalue weighted by Gasteiger charge is -2.52. The SMILES string of the molecule is C=CCN1C(=O)CCCC12CCCN(Cc1ccc(OC)cc1)C2. The molecule has 3 rings (SSSR count). The highest BCUT2D eigenvalue weighted by Crippen LogP contribution is 2.37. The van der Waals surface area contributed by atoms with E-state index in [-0.39, 0.29) is 5.54 Å². The molecular formula is C20H28N2O2. The zero-order valence-electron chi connectivity index (χ0n) is 14.7. The van der Waals surface area contributed by atoms with Crippen molar-refractivity contribution in [2.75, 3.05) is 26.7 Å². The van der Waals surface area contributed by atoms with Gasteiger partial charge >= 0.3 is 0 Å². The minimum Gasteiger partial charge on any atom is -0.497 e. The number of nitrogens with zero attached hydrogens (tertiary/aromatic N) is 2. The zero-order chi connectivity index (χ0) is 17.0. The molecule has 2 aliphatic rings. The third-order valence-electron chi connectivity index (χ3n) is 5.42. The second kappa shape index (κ2) is 7.39. The van der Waals surface area contributed by atoms with Gasteiger partial charge in [0.1, 0.15) is 5.75 Å². The van der Waals surface area contributed by atoms with Gasteiger partial charge in [0, 0.05) is 26.1 Å². The smallest absolute Gasteiger partial charge is 0.223 e. The molecule has 0 bridgehead atoms. The van der Waals surface area contributed by atoms with Crippen molar-refractivity contribution in [2.45, 2.75) is 44.2 Å². The van der Waals surface area contributed by atoms with E-state index in [0.717, 1.165) is 51.1 Å². The van der Waals surface area contributed by atoms with Gasteiger partial charge in [0.25, 0.3) is 0 Å². The third kappa shape index (κ3) is 3.48. The van der Waals surface area contributed by atoms with Crippen LogP contribution in [0.1, 0.15) is 37.7 Å². The number of rotatable bonds is 5. The Kier molecular flexibility index (Phi) is 5.24. The highest BCUT2D eigenvalue weighted by atomic mass is 16.5. The zero-order valence-corrected chi connectivity index (χ0v) is 14.7. The van der Waals surface area contributed by atoms with E-state index in [1.165, 1.54) is 5.56 Å². The average Bonchev–Trinajstić information content (AvgIpc) is 2.59. The highest BCUT2D eigenvalue weighted by molar-refractivity contribution is 5.78. The second-order valence-corrected chi connectivity index (χ2v) is 7.03. The van der Waals surface area contributed by atoms with Crippen molar-refractivity contribution in [2.24, 2.45) is 0 Å². The van der Waals surface area contributed by atoms with Crippen molar-refractivity contribution >= 4 is 5.91 Å². The van der Waals surface area contributed by atoms with Crippen LogP contribution in [0.15, 0.2) is 36.9 Å². The molecule has 0 aliphatic carbocycles. The summed E-state index contributed by atoms with van der Waals surface area (Å²) in [5.41, 5.74) is 1.30. The van der Waals surface area contributed by atoms with Gasteiger partial charge in [-0.05, 0) is 49.9 Å². The summed E-state index contributed by atoms with van der Waals surface area (Å²) in [5, 5.41) is 0. The summed E-state index contributed by atoms with van der Waals surface area (Å²) in [7, 11) is 1.69. The van der Waals surface area contributed by atoms with Crippen LogP contribution in [0.2, 0.25) is 0 Å². The molecule has 1 aromatic carbocycles. The van der Waals surface area contributed by atoms with Crippen LogP contribution in [0.5, 0.6) is 5.75 Å². The molecule has 2 saturated heterocycles. The van der Waals surface area contributed by atoms with E-state index in [0.29, 0.717) is 18.9 Å². The summed E-state index contributed by atoms with van der Waals surface area (Å²) >= 11 is 0. The van der Waals surface area contributed by atoms with Crippen molar-refractivity contribution in [3.63, 3.8) is 0 Å². The molecule has 0 aromatic heterocycles. The van der Waals surface area contributed by atoms with Crippen LogP contribution in [-0.2, 0) is 11.3 Å². The van der Waals surface area contributed by atoms with Gasteiger partial charge in [-0.25, -0.2) is 0 Å². The van der Waals surface area contributed by atoms with Gasteiger partial charge in [0.2, 0.25) is 5.91 Å². The monoisotopic (exact) mass is 328 g/mol. The third-order valence-corrected chi connectivity index (χ3v) is 5.42. The maximum absolute atomic E-state index is 12.4. The van der Waals surface area contributed by atoms with E-state index >= 15 is 0 Å². The molecule has 4 heteroatoms. The van der Waals surface area contributed by atoms with Gasteiger partial charge < -0.3 is 9.64 Å². The Morgan fingerprint density at radius 3 is 2.71 bits per heavy atom.